The highest BCUT2D eigenvalue weighted by molar-refractivity contribution is 6.30. The van der Waals surface area contributed by atoms with Gasteiger partial charge < -0.3 is 9.84 Å². The summed E-state index contributed by atoms with van der Waals surface area (Å²) in [4.78, 5) is 14.8. The smallest absolute Gasteiger partial charge is 0.335 e. The van der Waals surface area contributed by atoms with Crippen molar-refractivity contribution in [1.82, 2.24) is 4.98 Å². The summed E-state index contributed by atoms with van der Waals surface area (Å²) in [6.45, 7) is 0.254. The van der Waals surface area contributed by atoms with Crippen molar-refractivity contribution < 1.29 is 14.6 Å². The standard InChI is InChI=1S/C13H9Cl2NO3/c14-10-3-1-8(2-4-10)7-19-12-6-9(13(17)18)5-11(15)16-12/h1-6H,7H2,(H,17,18). The van der Waals surface area contributed by atoms with E-state index in [-0.39, 0.29) is 23.2 Å². The van der Waals surface area contributed by atoms with Gasteiger partial charge in [0, 0.05) is 11.1 Å². The van der Waals surface area contributed by atoms with Gasteiger partial charge in [-0.2, -0.15) is 0 Å². The highest BCUT2D eigenvalue weighted by Crippen LogP contribution is 2.18. The molecule has 0 spiro atoms. The fraction of sp³-hybridized carbons (Fsp3) is 0.0769. The lowest BCUT2D eigenvalue weighted by Gasteiger charge is -2.06. The average Bonchev–Trinajstić information content (AvgIpc) is 2.37. The van der Waals surface area contributed by atoms with Crippen LogP contribution in [0.1, 0.15) is 15.9 Å². The molecular formula is C13H9Cl2NO3. The Bertz CT molecular complexity index is 599. The van der Waals surface area contributed by atoms with Crippen molar-refractivity contribution in [2.24, 2.45) is 0 Å². The zero-order chi connectivity index (χ0) is 13.8. The number of benzene rings is 1. The number of nitrogens with zero attached hydrogens (tertiary/aromatic N) is 1. The maximum Gasteiger partial charge on any atom is 0.335 e. The van der Waals surface area contributed by atoms with Crippen LogP contribution in [0, 0.1) is 0 Å². The van der Waals surface area contributed by atoms with Crippen LogP contribution in [0.15, 0.2) is 36.4 Å². The number of aromatic carboxylic acids is 1. The van der Waals surface area contributed by atoms with Crippen molar-refractivity contribution in [1.29, 1.82) is 0 Å². The number of carboxylic acid groups (broad SMARTS) is 1. The lowest BCUT2D eigenvalue weighted by molar-refractivity contribution is 0.0696. The van der Waals surface area contributed by atoms with Crippen molar-refractivity contribution >= 4 is 29.2 Å². The molecule has 4 nitrogen and oxygen atoms in total. The summed E-state index contributed by atoms with van der Waals surface area (Å²) >= 11 is 11.5. The van der Waals surface area contributed by atoms with Crippen molar-refractivity contribution in [3.8, 4) is 5.88 Å². The number of hydrogen-bond donors (Lipinski definition) is 1. The van der Waals surface area contributed by atoms with E-state index >= 15 is 0 Å². The number of aromatic nitrogens is 1. The third-order valence-electron chi connectivity index (χ3n) is 2.32. The van der Waals surface area contributed by atoms with E-state index in [1.165, 1.54) is 12.1 Å². The van der Waals surface area contributed by atoms with E-state index in [1.54, 1.807) is 12.1 Å². The lowest BCUT2D eigenvalue weighted by atomic mass is 10.2. The van der Waals surface area contributed by atoms with E-state index in [0.29, 0.717) is 5.02 Å². The highest BCUT2D eigenvalue weighted by atomic mass is 35.5. The molecule has 98 valence electrons. The monoisotopic (exact) mass is 297 g/mol. The Morgan fingerprint density at radius 1 is 1.21 bits per heavy atom. The molecule has 0 bridgehead atoms. The molecule has 0 saturated heterocycles. The summed E-state index contributed by atoms with van der Waals surface area (Å²) in [6.07, 6.45) is 0. The van der Waals surface area contributed by atoms with Gasteiger partial charge in [-0.25, -0.2) is 9.78 Å². The quantitative estimate of drug-likeness (QED) is 0.875. The molecule has 0 atom stereocenters. The molecule has 0 aliphatic rings. The summed E-state index contributed by atoms with van der Waals surface area (Å²) in [5.41, 5.74) is 0.925. The second kappa shape index (κ2) is 5.91. The molecule has 0 unspecified atom stereocenters. The molecule has 1 aromatic heterocycles. The van der Waals surface area contributed by atoms with Crippen LogP contribution in [-0.2, 0) is 6.61 Å². The normalized spacial score (nSPS) is 10.2. The van der Waals surface area contributed by atoms with E-state index < -0.39 is 5.97 Å². The van der Waals surface area contributed by atoms with Gasteiger partial charge in [0.1, 0.15) is 11.8 Å². The first-order valence-electron chi connectivity index (χ1n) is 5.33. The van der Waals surface area contributed by atoms with Gasteiger partial charge in [0.15, 0.2) is 0 Å². The van der Waals surface area contributed by atoms with Crippen LogP contribution >= 0.6 is 23.2 Å². The van der Waals surface area contributed by atoms with Crippen LogP contribution in [0.2, 0.25) is 10.2 Å². The van der Waals surface area contributed by atoms with E-state index in [4.69, 9.17) is 33.0 Å². The summed E-state index contributed by atoms with van der Waals surface area (Å²) < 4.78 is 5.40. The fourth-order valence-electron chi connectivity index (χ4n) is 1.41. The van der Waals surface area contributed by atoms with E-state index in [2.05, 4.69) is 4.98 Å². The van der Waals surface area contributed by atoms with Crippen molar-refractivity contribution in [3.05, 3.63) is 57.7 Å². The molecule has 0 radical (unpaired) electrons. The van der Waals surface area contributed by atoms with Crippen LogP contribution in [0.25, 0.3) is 0 Å². The molecule has 6 heteroatoms. The van der Waals surface area contributed by atoms with Gasteiger partial charge >= 0.3 is 5.97 Å². The van der Waals surface area contributed by atoms with Gasteiger partial charge in [0.05, 0.1) is 5.56 Å². The van der Waals surface area contributed by atoms with E-state index in [9.17, 15) is 4.79 Å². The number of pyridine rings is 1. The number of halogens is 2. The third kappa shape index (κ3) is 3.84. The van der Waals surface area contributed by atoms with Crippen molar-refractivity contribution in [2.45, 2.75) is 6.61 Å². The topological polar surface area (TPSA) is 59.4 Å². The average molecular weight is 298 g/mol. The van der Waals surface area contributed by atoms with E-state index in [1.807, 2.05) is 12.1 Å². The van der Waals surface area contributed by atoms with Crippen LogP contribution in [0.4, 0.5) is 0 Å². The molecule has 0 saturated carbocycles. The van der Waals surface area contributed by atoms with Crippen molar-refractivity contribution in [2.75, 3.05) is 0 Å². The predicted molar refractivity (Wildman–Crippen MR) is 72.0 cm³/mol. The molecule has 1 N–H and O–H groups in total. The molecule has 2 aromatic rings. The minimum atomic E-state index is -1.08. The molecule has 0 aliphatic carbocycles. The number of carboxylic acids is 1. The Balaban J connectivity index is 2.11. The summed E-state index contributed by atoms with van der Waals surface area (Å²) in [7, 11) is 0. The first-order chi connectivity index (χ1) is 9.04. The molecule has 0 aliphatic heterocycles. The lowest BCUT2D eigenvalue weighted by Crippen LogP contribution is -2.01. The van der Waals surface area contributed by atoms with E-state index in [0.717, 1.165) is 5.56 Å². The van der Waals surface area contributed by atoms with Crippen LogP contribution < -0.4 is 4.74 Å². The Labute approximate surface area is 119 Å². The Morgan fingerprint density at radius 3 is 2.53 bits per heavy atom. The Hall–Kier alpha value is -1.78. The maximum absolute atomic E-state index is 10.9. The van der Waals surface area contributed by atoms with Gasteiger partial charge in [-0.15, -0.1) is 0 Å². The first kappa shape index (κ1) is 13.6. The summed E-state index contributed by atoms with van der Waals surface area (Å²) in [6, 6.07) is 9.70. The van der Waals surface area contributed by atoms with Crippen LogP contribution in [0.5, 0.6) is 5.88 Å². The molecule has 0 amide bonds. The first-order valence-corrected chi connectivity index (χ1v) is 6.08. The second-order valence-corrected chi connectivity index (χ2v) is 4.56. The fourth-order valence-corrected chi connectivity index (χ4v) is 1.73. The largest absolute Gasteiger partial charge is 0.478 e. The maximum atomic E-state index is 10.9. The van der Waals surface area contributed by atoms with Gasteiger partial charge in [-0.05, 0) is 23.8 Å². The molecular weight excluding hydrogens is 289 g/mol. The molecule has 19 heavy (non-hydrogen) atoms. The zero-order valence-electron chi connectivity index (χ0n) is 9.64. The SMILES string of the molecule is O=C(O)c1cc(Cl)nc(OCc2ccc(Cl)cc2)c1. The van der Waals surface area contributed by atoms with Gasteiger partial charge in [0.25, 0.3) is 0 Å². The minimum Gasteiger partial charge on any atom is -0.478 e. The van der Waals surface area contributed by atoms with Crippen LogP contribution in [0.3, 0.4) is 0 Å². The Kier molecular flexibility index (Phi) is 4.24. The number of rotatable bonds is 4. The molecule has 1 aromatic carbocycles. The number of carbonyl (C=O) groups is 1. The molecule has 2 rings (SSSR count). The van der Waals surface area contributed by atoms with Gasteiger partial charge in [-0.1, -0.05) is 35.3 Å². The summed E-state index contributed by atoms with van der Waals surface area (Å²) in [5.74, 6) is -0.916. The predicted octanol–water partition coefficient (Wildman–Crippen LogP) is 3.67. The van der Waals surface area contributed by atoms with Gasteiger partial charge in [0.2, 0.25) is 5.88 Å². The highest BCUT2D eigenvalue weighted by Gasteiger charge is 2.08. The Morgan fingerprint density at radius 2 is 1.89 bits per heavy atom. The zero-order valence-corrected chi connectivity index (χ0v) is 11.1. The van der Waals surface area contributed by atoms with Crippen LogP contribution in [-0.4, -0.2) is 16.1 Å². The van der Waals surface area contributed by atoms with Gasteiger partial charge in [-0.3, -0.25) is 0 Å². The minimum absolute atomic E-state index is 0.0334. The second-order valence-electron chi connectivity index (χ2n) is 3.74. The number of hydrogen-bond acceptors (Lipinski definition) is 3. The van der Waals surface area contributed by atoms with Crippen molar-refractivity contribution in [3.63, 3.8) is 0 Å². The number of ether oxygens (including phenoxy) is 1. The third-order valence-corrected chi connectivity index (χ3v) is 2.76. The molecule has 1 heterocycles. The molecule has 0 fully saturated rings. The summed E-state index contributed by atoms with van der Waals surface area (Å²) in [5, 5.41) is 9.60.